The molecule has 25 heavy (non-hydrogen) atoms. The first-order valence-electron chi connectivity index (χ1n) is 9.17. The minimum absolute atomic E-state index is 0.0124. The number of piperidine rings is 1. The number of carbonyl (C=O) groups excluding carboxylic acids is 2. The second-order valence-electron chi connectivity index (χ2n) is 6.91. The molecule has 2 heterocycles. The lowest BCUT2D eigenvalue weighted by Crippen LogP contribution is -2.60. The lowest BCUT2D eigenvalue weighted by molar-refractivity contribution is -0.135. The highest BCUT2D eigenvalue weighted by Crippen LogP contribution is 2.22. The van der Waals surface area contributed by atoms with Gasteiger partial charge in [-0.25, -0.2) is 0 Å². The predicted molar refractivity (Wildman–Crippen MR) is 96.9 cm³/mol. The Kier molecular flexibility index (Phi) is 6.04. The molecule has 0 aromatic heterocycles. The molecule has 0 bridgehead atoms. The maximum absolute atomic E-state index is 12.3. The molecule has 2 amide bonds. The van der Waals surface area contributed by atoms with E-state index in [0.717, 1.165) is 39.0 Å². The smallest absolute Gasteiger partial charge is 0.237 e. The molecule has 6 heteroatoms. The molecule has 2 aliphatic rings. The number of hydrogen-bond donors (Lipinski definition) is 2. The van der Waals surface area contributed by atoms with Crippen molar-refractivity contribution in [3.8, 4) is 0 Å². The lowest BCUT2D eigenvalue weighted by Gasteiger charge is -2.43. The summed E-state index contributed by atoms with van der Waals surface area (Å²) in [4.78, 5) is 28.8. The van der Waals surface area contributed by atoms with Gasteiger partial charge in [0.1, 0.15) is 0 Å². The van der Waals surface area contributed by atoms with Crippen molar-refractivity contribution in [2.24, 2.45) is 0 Å². The van der Waals surface area contributed by atoms with Crippen LogP contribution in [-0.4, -0.2) is 66.9 Å². The molecule has 1 aromatic rings. The third kappa shape index (κ3) is 4.58. The number of carbonyl (C=O) groups is 2. The third-order valence-electron chi connectivity index (χ3n) is 5.30. The van der Waals surface area contributed by atoms with Gasteiger partial charge in [0.25, 0.3) is 0 Å². The van der Waals surface area contributed by atoms with E-state index >= 15 is 0 Å². The molecule has 6 nitrogen and oxygen atoms in total. The summed E-state index contributed by atoms with van der Waals surface area (Å²) < 4.78 is 0. The number of amides is 2. The summed E-state index contributed by atoms with van der Waals surface area (Å²) in [6.07, 6.45) is 2.33. The van der Waals surface area contributed by atoms with Gasteiger partial charge in [0.05, 0.1) is 12.5 Å². The van der Waals surface area contributed by atoms with E-state index in [1.807, 2.05) is 6.07 Å². The molecule has 1 aromatic carbocycles. The summed E-state index contributed by atoms with van der Waals surface area (Å²) in [5.74, 6) is -0.0878. The van der Waals surface area contributed by atoms with Crippen molar-refractivity contribution in [3.63, 3.8) is 0 Å². The van der Waals surface area contributed by atoms with Crippen molar-refractivity contribution in [2.45, 2.75) is 37.9 Å². The Balaban J connectivity index is 1.56. The number of nitrogens with zero attached hydrogens (tertiary/aromatic N) is 2. The molecule has 2 saturated heterocycles. The van der Waals surface area contributed by atoms with Crippen molar-refractivity contribution in [1.29, 1.82) is 0 Å². The van der Waals surface area contributed by atoms with Crippen LogP contribution < -0.4 is 10.6 Å². The van der Waals surface area contributed by atoms with Crippen molar-refractivity contribution >= 4 is 11.8 Å². The van der Waals surface area contributed by atoms with Gasteiger partial charge in [-0.3, -0.25) is 19.4 Å². The summed E-state index contributed by atoms with van der Waals surface area (Å²) in [6.45, 7) is 4.55. The first-order valence-corrected chi connectivity index (χ1v) is 9.17. The van der Waals surface area contributed by atoms with E-state index in [-0.39, 0.29) is 24.3 Å². The van der Waals surface area contributed by atoms with Crippen LogP contribution in [0.25, 0.3) is 0 Å². The van der Waals surface area contributed by atoms with Crippen LogP contribution in [-0.2, 0) is 16.1 Å². The van der Waals surface area contributed by atoms with Crippen molar-refractivity contribution < 1.29 is 9.59 Å². The Bertz CT molecular complexity index is 584. The van der Waals surface area contributed by atoms with Gasteiger partial charge >= 0.3 is 0 Å². The topological polar surface area (TPSA) is 64.7 Å². The van der Waals surface area contributed by atoms with E-state index in [4.69, 9.17) is 0 Å². The van der Waals surface area contributed by atoms with Gasteiger partial charge in [0.2, 0.25) is 11.8 Å². The summed E-state index contributed by atoms with van der Waals surface area (Å²) in [7, 11) is 1.62. The standard InChI is InChI=1S/C19H28N4O2/c1-20-18(24)13-17-19(25)21-9-12-23(17)16-7-10-22(11-8-16)14-15-5-3-2-4-6-15/h2-6,16-17H,7-14H2,1H3,(H,20,24)(H,21,25)/t17-/m0/s1. The molecule has 0 saturated carbocycles. The Morgan fingerprint density at radius 1 is 1.20 bits per heavy atom. The summed E-state index contributed by atoms with van der Waals surface area (Å²) in [5, 5.41) is 5.54. The van der Waals surface area contributed by atoms with Gasteiger partial charge in [-0.2, -0.15) is 0 Å². The van der Waals surface area contributed by atoms with Gasteiger partial charge in [-0.15, -0.1) is 0 Å². The van der Waals surface area contributed by atoms with Gasteiger partial charge < -0.3 is 10.6 Å². The number of benzene rings is 1. The van der Waals surface area contributed by atoms with E-state index in [9.17, 15) is 9.59 Å². The molecule has 2 fully saturated rings. The zero-order valence-electron chi connectivity index (χ0n) is 14.9. The molecule has 136 valence electrons. The SMILES string of the molecule is CNC(=O)C[C@H]1C(=O)NCCN1C1CCN(Cc2ccccc2)CC1. The number of hydrogen-bond acceptors (Lipinski definition) is 4. The Morgan fingerprint density at radius 3 is 2.60 bits per heavy atom. The third-order valence-corrected chi connectivity index (χ3v) is 5.30. The normalized spacial score (nSPS) is 23.2. The first-order chi connectivity index (χ1) is 12.2. The molecule has 2 aliphatic heterocycles. The average molecular weight is 344 g/mol. The van der Waals surface area contributed by atoms with E-state index in [0.29, 0.717) is 12.6 Å². The highest BCUT2D eigenvalue weighted by atomic mass is 16.2. The van der Waals surface area contributed by atoms with Gasteiger partial charge in [0, 0.05) is 32.7 Å². The van der Waals surface area contributed by atoms with Crippen LogP contribution in [0.3, 0.4) is 0 Å². The second kappa shape index (κ2) is 8.45. The zero-order valence-corrected chi connectivity index (χ0v) is 14.9. The molecule has 0 aliphatic carbocycles. The van der Waals surface area contributed by atoms with Crippen LogP contribution in [0.4, 0.5) is 0 Å². The largest absolute Gasteiger partial charge is 0.359 e. The first kappa shape index (κ1) is 17.9. The Labute approximate surface area is 149 Å². The number of nitrogens with one attached hydrogen (secondary N) is 2. The molecular weight excluding hydrogens is 316 g/mol. The predicted octanol–water partition coefficient (Wildman–Crippen LogP) is 0.588. The van der Waals surface area contributed by atoms with Crippen molar-refractivity contribution in [1.82, 2.24) is 20.4 Å². The molecule has 2 N–H and O–H groups in total. The number of likely N-dealkylation sites (tertiary alicyclic amines) is 1. The van der Waals surface area contributed by atoms with Crippen LogP contribution in [0.1, 0.15) is 24.8 Å². The van der Waals surface area contributed by atoms with E-state index in [1.54, 1.807) is 7.05 Å². The molecule has 0 spiro atoms. The van der Waals surface area contributed by atoms with Crippen LogP contribution >= 0.6 is 0 Å². The maximum atomic E-state index is 12.3. The Hall–Kier alpha value is -1.92. The van der Waals surface area contributed by atoms with Crippen molar-refractivity contribution in [3.05, 3.63) is 35.9 Å². The second-order valence-corrected chi connectivity index (χ2v) is 6.91. The van der Waals surface area contributed by atoms with E-state index in [2.05, 4.69) is 44.7 Å². The highest BCUT2D eigenvalue weighted by Gasteiger charge is 2.36. The van der Waals surface area contributed by atoms with E-state index in [1.165, 1.54) is 5.56 Å². The minimum atomic E-state index is -0.334. The van der Waals surface area contributed by atoms with Crippen LogP contribution in [0.5, 0.6) is 0 Å². The van der Waals surface area contributed by atoms with Crippen LogP contribution in [0.15, 0.2) is 30.3 Å². The average Bonchev–Trinajstić information content (AvgIpc) is 2.65. The van der Waals surface area contributed by atoms with Crippen LogP contribution in [0.2, 0.25) is 0 Å². The van der Waals surface area contributed by atoms with Gasteiger partial charge in [-0.05, 0) is 31.5 Å². The quantitative estimate of drug-likeness (QED) is 0.821. The van der Waals surface area contributed by atoms with Gasteiger partial charge in [0.15, 0.2) is 0 Å². The fourth-order valence-electron chi connectivity index (χ4n) is 3.91. The lowest BCUT2D eigenvalue weighted by atomic mass is 9.97. The summed E-state index contributed by atoms with van der Waals surface area (Å²) >= 11 is 0. The number of rotatable bonds is 5. The molecule has 0 unspecified atom stereocenters. The maximum Gasteiger partial charge on any atom is 0.237 e. The van der Waals surface area contributed by atoms with Crippen LogP contribution in [0, 0.1) is 0 Å². The fraction of sp³-hybridized carbons (Fsp3) is 0.579. The Morgan fingerprint density at radius 2 is 1.92 bits per heavy atom. The monoisotopic (exact) mass is 344 g/mol. The highest BCUT2D eigenvalue weighted by molar-refractivity contribution is 5.88. The summed E-state index contributed by atoms with van der Waals surface area (Å²) in [5.41, 5.74) is 1.34. The molecular formula is C19H28N4O2. The molecule has 1 atom stereocenters. The van der Waals surface area contributed by atoms with Gasteiger partial charge in [-0.1, -0.05) is 30.3 Å². The number of piperazine rings is 1. The molecule has 0 radical (unpaired) electrons. The summed E-state index contributed by atoms with van der Waals surface area (Å²) in [6, 6.07) is 10.6. The van der Waals surface area contributed by atoms with E-state index < -0.39 is 0 Å². The van der Waals surface area contributed by atoms with Crippen molar-refractivity contribution in [2.75, 3.05) is 33.2 Å². The molecule has 3 rings (SSSR count). The fourth-order valence-corrected chi connectivity index (χ4v) is 3.91. The zero-order chi connectivity index (χ0) is 17.6. The minimum Gasteiger partial charge on any atom is -0.359 e.